The van der Waals surface area contributed by atoms with Crippen molar-refractivity contribution in [2.24, 2.45) is 0 Å². The van der Waals surface area contributed by atoms with Crippen LogP contribution in [0.5, 0.6) is 0 Å². The fourth-order valence-electron chi connectivity index (χ4n) is 7.62. The lowest BCUT2D eigenvalue weighted by Crippen LogP contribution is -2.12. The van der Waals surface area contributed by atoms with Crippen molar-refractivity contribution in [2.45, 2.75) is 0 Å². The summed E-state index contributed by atoms with van der Waals surface area (Å²) in [5.41, 5.74) is 9.63. The van der Waals surface area contributed by atoms with E-state index in [9.17, 15) is 0 Å². The van der Waals surface area contributed by atoms with Crippen LogP contribution < -0.4 is 4.90 Å². The molecule has 0 atom stereocenters. The Morgan fingerprint density at radius 1 is 0.354 bits per heavy atom. The lowest BCUT2D eigenvalue weighted by Gasteiger charge is -2.30. The number of rotatable bonds is 5. The highest BCUT2D eigenvalue weighted by atomic mass is 16.3. The first-order valence-electron chi connectivity index (χ1n) is 16.4. The van der Waals surface area contributed by atoms with Crippen molar-refractivity contribution in [1.82, 2.24) is 0 Å². The van der Waals surface area contributed by atoms with Crippen molar-refractivity contribution in [3.63, 3.8) is 0 Å². The molecule has 0 amide bonds. The zero-order valence-corrected chi connectivity index (χ0v) is 26.1. The maximum Gasteiger partial charge on any atom is 0.159 e. The van der Waals surface area contributed by atoms with Crippen molar-refractivity contribution in [3.05, 3.63) is 176 Å². The molecule has 0 unspecified atom stereocenters. The fourth-order valence-corrected chi connectivity index (χ4v) is 7.62. The number of hydrogen-bond acceptors (Lipinski definition) is 2. The molecular formula is C46H29NO. The fraction of sp³-hybridized carbons (Fsp3) is 0. The molecule has 1 heterocycles. The van der Waals surface area contributed by atoms with Crippen molar-refractivity contribution < 1.29 is 4.42 Å². The maximum atomic E-state index is 6.75. The Balaban J connectivity index is 1.35. The summed E-state index contributed by atoms with van der Waals surface area (Å²) in [7, 11) is 0. The molecule has 48 heavy (non-hydrogen) atoms. The number of hydrogen-bond donors (Lipinski definition) is 0. The van der Waals surface area contributed by atoms with E-state index >= 15 is 0 Å². The van der Waals surface area contributed by atoms with Crippen molar-refractivity contribution in [2.75, 3.05) is 4.90 Å². The molecule has 0 saturated carbocycles. The van der Waals surface area contributed by atoms with Crippen LogP contribution >= 0.6 is 0 Å². The van der Waals surface area contributed by atoms with Gasteiger partial charge in [-0.1, -0.05) is 146 Å². The minimum atomic E-state index is 0.870. The number of fused-ring (bicyclic) bond motifs is 3. The Kier molecular flexibility index (Phi) is 5.91. The second-order valence-corrected chi connectivity index (χ2v) is 12.5. The van der Waals surface area contributed by atoms with Crippen LogP contribution in [0.4, 0.5) is 17.1 Å². The Hall–Kier alpha value is -6.38. The van der Waals surface area contributed by atoms with Gasteiger partial charge in [0.25, 0.3) is 0 Å². The van der Waals surface area contributed by atoms with E-state index in [1.165, 1.54) is 43.4 Å². The van der Waals surface area contributed by atoms with Gasteiger partial charge in [0.1, 0.15) is 5.58 Å². The molecule has 0 bridgehead atoms. The number of anilines is 3. The van der Waals surface area contributed by atoms with Crippen LogP contribution in [0.2, 0.25) is 0 Å². The van der Waals surface area contributed by atoms with Gasteiger partial charge in [0.05, 0.1) is 17.1 Å². The molecule has 0 radical (unpaired) electrons. The summed E-state index contributed by atoms with van der Waals surface area (Å²) in [6.45, 7) is 0. The molecule has 224 valence electrons. The first-order chi connectivity index (χ1) is 23.8. The van der Waals surface area contributed by atoms with E-state index in [4.69, 9.17) is 4.42 Å². The highest BCUT2D eigenvalue weighted by Gasteiger charge is 2.25. The van der Waals surface area contributed by atoms with Gasteiger partial charge < -0.3 is 9.32 Å². The number of para-hydroxylation sites is 2. The third kappa shape index (κ3) is 4.06. The van der Waals surface area contributed by atoms with Gasteiger partial charge in [0.15, 0.2) is 5.58 Å². The second kappa shape index (κ2) is 10.6. The number of benzene rings is 9. The highest BCUT2D eigenvalue weighted by Crippen LogP contribution is 2.50. The summed E-state index contributed by atoms with van der Waals surface area (Å²) >= 11 is 0. The van der Waals surface area contributed by atoms with Crippen LogP contribution in [0.25, 0.3) is 76.5 Å². The summed E-state index contributed by atoms with van der Waals surface area (Å²) in [6, 6.07) is 63.3. The molecule has 0 fully saturated rings. The molecule has 0 spiro atoms. The monoisotopic (exact) mass is 611 g/mol. The van der Waals surface area contributed by atoms with E-state index < -0.39 is 0 Å². The number of furan rings is 1. The standard InChI is InChI=1S/C46H29NO/c1-3-12-30(13-4-1)34-26-27-40(39(28-34)31-14-5-2-6-15-31)47(41-22-11-20-37-36-19-7-8-23-43(36)48-46(37)41)42-29-35-18-9-16-32-24-25-33-17-10-21-38(42)45(33)44(32)35/h1-29H. The average molecular weight is 612 g/mol. The predicted octanol–water partition coefficient (Wildman–Crippen LogP) is 13.3. The summed E-state index contributed by atoms with van der Waals surface area (Å²) in [5, 5.41) is 9.73. The van der Waals surface area contributed by atoms with Gasteiger partial charge in [-0.05, 0) is 74.0 Å². The molecule has 2 heteroatoms. The van der Waals surface area contributed by atoms with Crippen molar-refractivity contribution >= 4 is 71.3 Å². The quantitative estimate of drug-likeness (QED) is 0.180. The molecular weight excluding hydrogens is 583 g/mol. The van der Waals surface area contributed by atoms with Gasteiger partial charge in [-0.2, -0.15) is 0 Å². The Labute approximate surface area is 278 Å². The van der Waals surface area contributed by atoms with Gasteiger partial charge in [-0.25, -0.2) is 0 Å². The van der Waals surface area contributed by atoms with Gasteiger partial charge in [-0.15, -0.1) is 0 Å². The molecule has 0 aliphatic carbocycles. The van der Waals surface area contributed by atoms with Crippen molar-refractivity contribution in [1.29, 1.82) is 0 Å². The lowest BCUT2D eigenvalue weighted by molar-refractivity contribution is 0.669. The summed E-state index contributed by atoms with van der Waals surface area (Å²) in [6.07, 6.45) is 0. The van der Waals surface area contributed by atoms with Crippen molar-refractivity contribution in [3.8, 4) is 22.3 Å². The van der Waals surface area contributed by atoms with E-state index in [-0.39, 0.29) is 0 Å². The highest BCUT2D eigenvalue weighted by molar-refractivity contribution is 6.27. The smallest absolute Gasteiger partial charge is 0.159 e. The van der Waals surface area contributed by atoms with Crippen LogP contribution in [0, 0.1) is 0 Å². The molecule has 2 nitrogen and oxygen atoms in total. The van der Waals surface area contributed by atoms with E-state index in [1.54, 1.807) is 0 Å². The zero-order chi connectivity index (χ0) is 31.6. The SMILES string of the molecule is c1ccc(-c2ccc(N(c3cc4cccc5ccc6cccc3c6c54)c3cccc4c3oc3ccccc34)c(-c3ccccc3)c2)cc1. The van der Waals surface area contributed by atoms with E-state index in [2.05, 4.69) is 175 Å². The minimum absolute atomic E-state index is 0.870. The first-order valence-corrected chi connectivity index (χ1v) is 16.4. The van der Waals surface area contributed by atoms with Gasteiger partial charge >= 0.3 is 0 Å². The second-order valence-electron chi connectivity index (χ2n) is 12.5. The van der Waals surface area contributed by atoms with E-state index in [0.29, 0.717) is 0 Å². The molecule has 0 saturated heterocycles. The van der Waals surface area contributed by atoms with E-state index in [1.807, 2.05) is 6.07 Å². The normalized spacial score (nSPS) is 11.8. The third-order valence-corrected chi connectivity index (χ3v) is 9.78. The molecule has 0 aliphatic rings. The molecule has 10 aromatic rings. The summed E-state index contributed by atoms with van der Waals surface area (Å²) in [4.78, 5) is 2.44. The van der Waals surface area contributed by atoms with Crippen LogP contribution in [0.3, 0.4) is 0 Å². The topological polar surface area (TPSA) is 16.4 Å². The summed E-state index contributed by atoms with van der Waals surface area (Å²) in [5.74, 6) is 0. The van der Waals surface area contributed by atoms with Gasteiger partial charge in [0.2, 0.25) is 0 Å². The Morgan fingerprint density at radius 3 is 1.83 bits per heavy atom. The molecule has 10 rings (SSSR count). The van der Waals surface area contributed by atoms with Gasteiger partial charge in [0, 0.05) is 21.7 Å². The average Bonchev–Trinajstić information content (AvgIpc) is 3.55. The van der Waals surface area contributed by atoms with Crippen LogP contribution in [0.1, 0.15) is 0 Å². The van der Waals surface area contributed by atoms with E-state index in [0.717, 1.165) is 50.1 Å². The van der Waals surface area contributed by atoms with Gasteiger partial charge in [-0.3, -0.25) is 0 Å². The Bertz CT molecular complexity index is 2780. The van der Waals surface area contributed by atoms with Crippen LogP contribution in [0.15, 0.2) is 180 Å². The first kappa shape index (κ1) is 26.8. The molecule has 0 N–H and O–H groups in total. The number of nitrogens with zero attached hydrogens (tertiary/aromatic N) is 1. The Morgan fingerprint density at radius 2 is 1.00 bits per heavy atom. The van der Waals surface area contributed by atoms with Crippen LogP contribution in [-0.2, 0) is 0 Å². The minimum Gasteiger partial charge on any atom is -0.454 e. The largest absolute Gasteiger partial charge is 0.454 e. The molecule has 9 aromatic carbocycles. The molecule has 0 aliphatic heterocycles. The maximum absolute atomic E-state index is 6.75. The lowest BCUT2D eigenvalue weighted by atomic mass is 9.91. The van der Waals surface area contributed by atoms with Crippen LogP contribution in [-0.4, -0.2) is 0 Å². The zero-order valence-electron chi connectivity index (χ0n) is 26.1. The summed E-state index contributed by atoms with van der Waals surface area (Å²) < 4.78 is 6.75. The molecule has 1 aromatic heterocycles. The third-order valence-electron chi connectivity index (χ3n) is 9.78. The predicted molar refractivity (Wildman–Crippen MR) is 203 cm³/mol.